The highest BCUT2D eigenvalue weighted by Gasteiger charge is 2.32. The lowest BCUT2D eigenvalue weighted by Gasteiger charge is -2.37. The molecule has 1 aliphatic carbocycles. The average molecular weight is 550 g/mol. The zero-order valence-electron chi connectivity index (χ0n) is 22.0. The van der Waals surface area contributed by atoms with Gasteiger partial charge >= 0.3 is 12.2 Å². The average Bonchev–Trinajstić information content (AvgIpc) is 3.40. The third-order valence-corrected chi connectivity index (χ3v) is 7.06. The van der Waals surface area contributed by atoms with Gasteiger partial charge in [0.15, 0.2) is 0 Å². The first-order valence-corrected chi connectivity index (χ1v) is 13.1. The molecule has 11 heteroatoms. The van der Waals surface area contributed by atoms with E-state index in [9.17, 15) is 18.0 Å². The van der Waals surface area contributed by atoms with Gasteiger partial charge in [-0.1, -0.05) is 42.5 Å². The number of rotatable bonds is 7. The van der Waals surface area contributed by atoms with Crippen LogP contribution in [0, 0.1) is 0 Å². The van der Waals surface area contributed by atoms with Crippen molar-refractivity contribution in [1.29, 1.82) is 0 Å². The molecule has 0 spiro atoms. The fraction of sp³-hybridized carbons (Fsp3) is 0.310. The van der Waals surface area contributed by atoms with E-state index >= 15 is 0 Å². The van der Waals surface area contributed by atoms with Crippen molar-refractivity contribution >= 4 is 17.7 Å². The number of carbonyl (C=O) groups excluding carboxylic acids is 1. The fourth-order valence-corrected chi connectivity index (χ4v) is 4.95. The Morgan fingerprint density at radius 1 is 0.950 bits per heavy atom. The number of aryl methyl sites for hydroxylation is 1. The quantitative estimate of drug-likeness (QED) is 0.294. The zero-order valence-corrected chi connectivity index (χ0v) is 22.0. The van der Waals surface area contributed by atoms with Gasteiger partial charge < -0.3 is 10.6 Å². The summed E-state index contributed by atoms with van der Waals surface area (Å²) in [4.78, 5) is 23.0. The van der Waals surface area contributed by atoms with Crippen LogP contribution in [0.3, 0.4) is 0 Å². The minimum Gasteiger partial charge on any atom is -0.351 e. The van der Waals surface area contributed by atoms with Gasteiger partial charge in [-0.25, -0.2) is 14.8 Å². The van der Waals surface area contributed by atoms with Crippen LogP contribution < -0.4 is 15.5 Å². The molecule has 8 nitrogen and oxygen atoms in total. The molecule has 4 aromatic rings. The molecule has 1 aliphatic rings. The third kappa shape index (κ3) is 6.59. The summed E-state index contributed by atoms with van der Waals surface area (Å²) in [6, 6.07) is 17.4. The number of hydrogen-bond acceptors (Lipinski definition) is 5. The van der Waals surface area contributed by atoms with Crippen LogP contribution >= 0.6 is 0 Å². The lowest BCUT2D eigenvalue weighted by Crippen LogP contribution is -2.48. The lowest BCUT2D eigenvalue weighted by molar-refractivity contribution is -0.138. The summed E-state index contributed by atoms with van der Waals surface area (Å²) in [6.07, 6.45) is 3.68. The maximum Gasteiger partial charge on any atom is 0.419 e. The molecule has 2 amide bonds. The largest absolute Gasteiger partial charge is 0.419 e. The molecule has 208 valence electrons. The Morgan fingerprint density at radius 2 is 1.62 bits per heavy atom. The van der Waals surface area contributed by atoms with Crippen molar-refractivity contribution in [3.05, 3.63) is 90.5 Å². The van der Waals surface area contributed by atoms with Crippen molar-refractivity contribution in [3.8, 4) is 11.1 Å². The summed E-state index contributed by atoms with van der Waals surface area (Å²) in [5, 5.41) is 10.4. The second-order valence-corrected chi connectivity index (χ2v) is 9.91. The monoisotopic (exact) mass is 549 g/mol. The number of nitrogens with one attached hydrogen (secondary N) is 2. The summed E-state index contributed by atoms with van der Waals surface area (Å²) in [5.74, 6) is 0.167. The number of halogens is 3. The second kappa shape index (κ2) is 11.8. The minimum atomic E-state index is -4.47. The van der Waals surface area contributed by atoms with E-state index in [0.29, 0.717) is 32.2 Å². The van der Waals surface area contributed by atoms with Gasteiger partial charge in [0.05, 0.1) is 11.8 Å². The van der Waals surface area contributed by atoms with E-state index in [1.807, 2.05) is 72.7 Å². The predicted molar refractivity (Wildman–Crippen MR) is 147 cm³/mol. The molecule has 1 fully saturated rings. The van der Waals surface area contributed by atoms with E-state index in [2.05, 4.69) is 25.7 Å². The molecule has 5 rings (SSSR count). The molecule has 40 heavy (non-hydrogen) atoms. The number of hydrogen-bond donors (Lipinski definition) is 2. The molecule has 0 aliphatic heterocycles. The van der Waals surface area contributed by atoms with E-state index in [1.54, 1.807) is 10.9 Å². The van der Waals surface area contributed by atoms with Gasteiger partial charge in [0.2, 0.25) is 5.95 Å². The molecule has 0 unspecified atom stereocenters. The summed E-state index contributed by atoms with van der Waals surface area (Å²) >= 11 is 0. The van der Waals surface area contributed by atoms with Gasteiger partial charge in [-0.05, 0) is 48.9 Å². The normalized spacial score (nSPS) is 17.3. The number of amides is 2. The molecule has 0 radical (unpaired) electrons. The first-order valence-electron chi connectivity index (χ1n) is 13.1. The number of nitrogens with zero attached hydrogens (tertiary/aromatic N) is 5. The van der Waals surface area contributed by atoms with Crippen molar-refractivity contribution in [1.82, 2.24) is 25.1 Å². The van der Waals surface area contributed by atoms with Gasteiger partial charge in [0.1, 0.15) is 0 Å². The van der Waals surface area contributed by atoms with E-state index in [4.69, 9.17) is 0 Å². The molecule has 1 saturated carbocycles. The molecule has 0 bridgehead atoms. The molecule has 2 aromatic heterocycles. The van der Waals surface area contributed by atoms with Crippen LogP contribution in [-0.2, 0) is 19.8 Å². The highest BCUT2D eigenvalue weighted by molar-refractivity contribution is 5.93. The molecular formula is C29H30F3N7O. The van der Waals surface area contributed by atoms with Crippen LogP contribution in [-0.4, -0.2) is 37.9 Å². The Bertz CT molecular complexity index is 1400. The standard InChI is InChI=1S/C29H30F3N7O/c1-38-19-22(16-36-38)21-7-11-25(12-8-21)39(28(40)35-15-20-5-3-2-4-6-20)26-13-9-24(10-14-26)37-27-33-17-23(18-34-27)29(30,31)32/h2-8,11-12,16-19,24,26H,9-10,13-15H2,1H3,(H,35,40)(H,33,34,37). The summed E-state index contributed by atoms with van der Waals surface area (Å²) in [5.41, 5.74) is 2.92. The van der Waals surface area contributed by atoms with Crippen molar-refractivity contribution in [2.75, 3.05) is 10.2 Å². The number of carbonyl (C=O) groups is 1. The van der Waals surface area contributed by atoms with Crippen LogP contribution in [0.4, 0.5) is 29.6 Å². The van der Waals surface area contributed by atoms with Crippen molar-refractivity contribution < 1.29 is 18.0 Å². The van der Waals surface area contributed by atoms with Gasteiger partial charge in [-0.2, -0.15) is 18.3 Å². The topological polar surface area (TPSA) is 88.0 Å². The number of aromatic nitrogens is 4. The summed E-state index contributed by atoms with van der Waals surface area (Å²) in [6.45, 7) is 0.409. The number of benzene rings is 2. The van der Waals surface area contributed by atoms with E-state index in [1.165, 1.54) is 0 Å². The first-order chi connectivity index (χ1) is 19.3. The highest BCUT2D eigenvalue weighted by atomic mass is 19.4. The van der Waals surface area contributed by atoms with Gasteiger partial charge in [0.25, 0.3) is 0 Å². The van der Waals surface area contributed by atoms with Crippen molar-refractivity contribution in [2.24, 2.45) is 7.05 Å². The summed E-state index contributed by atoms with van der Waals surface area (Å²) in [7, 11) is 1.87. The zero-order chi connectivity index (χ0) is 28.1. The van der Waals surface area contributed by atoms with Crippen LogP contribution in [0.1, 0.15) is 36.8 Å². The van der Waals surface area contributed by atoms with Gasteiger partial charge in [-0.3, -0.25) is 9.58 Å². The van der Waals surface area contributed by atoms with Gasteiger partial charge in [-0.15, -0.1) is 0 Å². The Morgan fingerprint density at radius 3 is 2.23 bits per heavy atom. The molecule has 2 aromatic carbocycles. The Labute approximate surface area is 230 Å². The maximum atomic E-state index is 13.5. The Balaban J connectivity index is 1.28. The van der Waals surface area contributed by atoms with Crippen LogP contribution in [0.25, 0.3) is 11.1 Å². The van der Waals surface area contributed by atoms with Crippen LogP contribution in [0.5, 0.6) is 0 Å². The minimum absolute atomic E-state index is 0.00447. The molecule has 0 saturated heterocycles. The second-order valence-electron chi connectivity index (χ2n) is 9.91. The Kier molecular flexibility index (Phi) is 7.99. The molecule has 0 atom stereocenters. The van der Waals surface area contributed by atoms with Crippen molar-refractivity contribution in [3.63, 3.8) is 0 Å². The van der Waals surface area contributed by atoms with Crippen LogP contribution in [0.2, 0.25) is 0 Å². The fourth-order valence-electron chi connectivity index (χ4n) is 4.95. The number of urea groups is 1. The molecule has 2 heterocycles. The van der Waals surface area contributed by atoms with Crippen molar-refractivity contribution in [2.45, 2.75) is 50.5 Å². The third-order valence-electron chi connectivity index (χ3n) is 7.06. The maximum absolute atomic E-state index is 13.5. The smallest absolute Gasteiger partial charge is 0.351 e. The highest BCUT2D eigenvalue weighted by Crippen LogP contribution is 2.31. The first kappa shape index (κ1) is 27.2. The SMILES string of the molecule is Cn1cc(-c2ccc(N(C(=O)NCc3ccccc3)C3CCC(Nc4ncc(C(F)(F)F)cn4)CC3)cc2)cn1. The molecular weight excluding hydrogens is 519 g/mol. The van der Waals surface area contributed by atoms with Gasteiger partial charge in [0, 0.05) is 55.5 Å². The molecule has 2 N–H and O–H groups in total. The number of alkyl halides is 3. The van der Waals surface area contributed by atoms with Crippen LogP contribution in [0.15, 0.2) is 79.4 Å². The van der Waals surface area contributed by atoms with E-state index in [0.717, 1.165) is 34.8 Å². The Hall–Kier alpha value is -4.41. The number of anilines is 2. The predicted octanol–water partition coefficient (Wildman–Crippen LogP) is 6.04. The van der Waals surface area contributed by atoms with E-state index in [-0.39, 0.29) is 24.1 Å². The lowest BCUT2D eigenvalue weighted by atomic mass is 9.90. The summed E-state index contributed by atoms with van der Waals surface area (Å²) < 4.78 is 40.2. The van der Waals surface area contributed by atoms with E-state index < -0.39 is 11.7 Å².